The van der Waals surface area contributed by atoms with Gasteiger partial charge in [-0.05, 0) is 56.0 Å². The molecule has 3 nitrogen and oxygen atoms in total. The topological polar surface area (TPSA) is 30.5 Å². The van der Waals surface area contributed by atoms with Crippen LogP contribution in [0.3, 0.4) is 0 Å². The van der Waals surface area contributed by atoms with Gasteiger partial charge in [0.05, 0.1) is 14.2 Å². The number of methoxy groups -OCH3 is 2. The van der Waals surface area contributed by atoms with Crippen LogP contribution in [-0.4, -0.2) is 27.3 Å². The third-order valence-electron chi connectivity index (χ3n) is 3.67. The van der Waals surface area contributed by atoms with Crippen molar-refractivity contribution in [2.75, 3.05) is 27.3 Å². The highest BCUT2D eigenvalue weighted by molar-refractivity contribution is 5.52. The molecular formula is C14H20FNO2. The normalized spacial score (nSPS) is 16.7. The van der Waals surface area contributed by atoms with E-state index in [2.05, 4.69) is 5.32 Å². The molecule has 0 aromatic heterocycles. The minimum atomic E-state index is -0.339. The number of hydrogen-bond donors (Lipinski definition) is 1. The van der Waals surface area contributed by atoms with Crippen LogP contribution in [0.4, 0.5) is 4.39 Å². The molecular weight excluding hydrogens is 233 g/mol. The standard InChI is InChI=1S/C14H20FNO2/c1-9-11(10-4-6-16-7-5-10)8-12(15)14(18-3)13(9)17-2/h8,10,16H,4-7H2,1-3H3. The molecule has 0 aliphatic carbocycles. The molecule has 18 heavy (non-hydrogen) atoms. The highest BCUT2D eigenvalue weighted by atomic mass is 19.1. The first-order valence-electron chi connectivity index (χ1n) is 6.30. The Balaban J connectivity index is 2.44. The van der Waals surface area contributed by atoms with Gasteiger partial charge in [0.15, 0.2) is 17.3 Å². The van der Waals surface area contributed by atoms with Gasteiger partial charge in [-0.2, -0.15) is 0 Å². The lowest BCUT2D eigenvalue weighted by Gasteiger charge is -2.26. The van der Waals surface area contributed by atoms with Crippen molar-refractivity contribution < 1.29 is 13.9 Å². The Morgan fingerprint density at radius 3 is 2.33 bits per heavy atom. The van der Waals surface area contributed by atoms with Gasteiger partial charge in [-0.25, -0.2) is 4.39 Å². The molecule has 0 bridgehead atoms. The number of halogens is 1. The van der Waals surface area contributed by atoms with Gasteiger partial charge in [-0.3, -0.25) is 0 Å². The van der Waals surface area contributed by atoms with Gasteiger partial charge in [0.1, 0.15) is 0 Å². The number of rotatable bonds is 3. The summed E-state index contributed by atoms with van der Waals surface area (Å²) in [7, 11) is 3.01. The van der Waals surface area contributed by atoms with Crippen LogP contribution in [0.5, 0.6) is 11.5 Å². The lowest BCUT2D eigenvalue weighted by Crippen LogP contribution is -2.27. The average Bonchev–Trinajstić information content (AvgIpc) is 2.41. The summed E-state index contributed by atoms with van der Waals surface area (Å²) in [4.78, 5) is 0. The fraction of sp³-hybridized carbons (Fsp3) is 0.571. The summed E-state index contributed by atoms with van der Waals surface area (Å²) < 4.78 is 24.4. The molecule has 1 aromatic carbocycles. The first kappa shape index (κ1) is 13.1. The maximum absolute atomic E-state index is 14.0. The second-order valence-electron chi connectivity index (χ2n) is 4.66. The third-order valence-corrected chi connectivity index (χ3v) is 3.67. The van der Waals surface area contributed by atoms with Gasteiger partial charge in [0.25, 0.3) is 0 Å². The summed E-state index contributed by atoms with van der Waals surface area (Å²) in [5, 5.41) is 3.32. The molecule has 4 heteroatoms. The van der Waals surface area contributed by atoms with Crippen molar-refractivity contribution in [1.82, 2.24) is 5.32 Å². The SMILES string of the molecule is COc1c(F)cc(C2CCNCC2)c(C)c1OC. The minimum Gasteiger partial charge on any atom is -0.492 e. The molecule has 1 aliphatic heterocycles. The number of ether oxygens (including phenoxy) is 2. The minimum absolute atomic E-state index is 0.202. The molecule has 0 amide bonds. The fourth-order valence-electron chi connectivity index (χ4n) is 2.71. The largest absolute Gasteiger partial charge is 0.492 e. The monoisotopic (exact) mass is 253 g/mol. The van der Waals surface area contributed by atoms with E-state index in [0.717, 1.165) is 37.1 Å². The molecule has 2 rings (SSSR count). The van der Waals surface area contributed by atoms with Crippen molar-refractivity contribution in [2.45, 2.75) is 25.7 Å². The van der Waals surface area contributed by atoms with E-state index in [4.69, 9.17) is 9.47 Å². The number of nitrogens with one attached hydrogen (secondary N) is 1. The van der Waals surface area contributed by atoms with Crippen LogP contribution < -0.4 is 14.8 Å². The van der Waals surface area contributed by atoms with Crippen LogP contribution in [0, 0.1) is 12.7 Å². The van der Waals surface area contributed by atoms with Crippen LogP contribution in [0.25, 0.3) is 0 Å². The third kappa shape index (κ3) is 2.29. The van der Waals surface area contributed by atoms with Gasteiger partial charge in [0.2, 0.25) is 0 Å². The van der Waals surface area contributed by atoms with Crippen molar-refractivity contribution in [3.05, 3.63) is 23.0 Å². The lowest BCUT2D eigenvalue weighted by molar-refractivity contribution is 0.333. The Hall–Kier alpha value is -1.29. The van der Waals surface area contributed by atoms with Crippen molar-refractivity contribution >= 4 is 0 Å². The maximum atomic E-state index is 14.0. The maximum Gasteiger partial charge on any atom is 0.197 e. The van der Waals surface area contributed by atoms with Crippen LogP contribution in [0.15, 0.2) is 6.07 Å². The predicted octanol–water partition coefficient (Wildman–Crippen LogP) is 2.62. The Labute approximate surface area is 107 Å². The zero-order valence-corrected chi connectivity index (χ0v) is 11.2. The van der Waals surface area contributed by atoms with Crippen molar-refractivity contribution in [2.24, 2.45) is 0 Å². The highest BCUT2D eigenvalue weighted by Gasteiger charge is 2.23. The molecule has 0 spiro atoms. The van der Waals surface area contributed by atoms with E-state index in [0.29, 0.717) is 11.7 Å². The first-order valence-corrected chi connectivity index (χ1v) is 6.30. The quantitative estimate of drug-likeness (QED) is 0.898. The van der Waals surface area contributed by atoms with E-state index >= 15 is 0 Å². The molecule has 0 atom stereocenters. The summed E-state index contributed by atoms with van der Waals surface area (Å²) in [5.41, 5.74) is 2.04. The molecule has 0 radical (unpaired) electrons. The van der Waals surface area contributed by atoms with Gasteiger partial charge >= 0.3 is 0 Å². The Morgan fingerprint density at radius 2 is 1.78 bits per heavy atom. The van der Waals surface area contributed by atoms with E-state index in [-0.39, 0.29) is 11.6 Å². The summed E-state index contributed by atoms with van der Waals surface area (Å²) in [5.74, 6) is 0.785. The van der Waals surface area contributed by atoms with E-state index in [9.17, 15) is 4.39 Å². The van der Waals surface area contributed by atoms with Crippen LogP contribution >= 0.6 is 0 Å². The molecule has 0 saturated carbocycles. The van der Waals surface area contributed by atoms with Crippen molar-refractivity contribution in [3.63, 3.8) is 0 Å². The second-order valence-corrected chi connectivity index (χ2v) is 4.66. The smallest absolute Gasteiger partial charge is 0.197 e. The van der Waals surface area contributed by atoms with Crippen LogP contribution in [0.1, 0.15) is 29.9 Å². The first-order chi connectivity index (χ1) is 8.69. The summed E-state index contributed by atoms with van der Waals surface area (Å²) in [6.45, 7) is 3.94. The van der Waals surface area contributed by atoms with Gasteiger partial charge in [0, 0.05) is 0 Å². The zero-order valence-electron chi connectivity index (χ0n) is 11.2. The van der Waals surface area contributed by atoms with Crippen LogP contribution in [-0.2, 0) is 0 Å². The van der Waals surface area contributed by atoms with Gasteiger partial charge in [-0.1, -0.05) is 0 Å². The lowest BCUT2D eigenvalue weighted by atomic mass is 9.87. The number of piperidine rings is 1. The fourth-order valence-corrected chi connectivity index (χ4v) is 2.71. The van der Waals surface area contributed by atoms with Gasteiger partial charge < -0.3 is 14.8 Å². The van der Waals surface area contributed by atoms with E-state index in [1.54, 1.807) is 13.2 Å². The summed E-state index contributed by atoms with van der Waals surface area (Å²) in [6, 6.07) is 1.60. The molecule has 1 N–H and O–H groups in total. The predicted molar refractivity (Wildman–Crippen MR) is 69.1 cm³/mol. The summed E-state index contributed by atoms with van der Waals surface area (Å²) in [6.07, 6.45) is 2.07. The number of benzene rings is 1. The van der Waals surface area contributed by atoms with Crippen molar-refractivity contribution in [1.29, 1.82) is 0 Å². The second kappa shape index (κ2) is 5.57. The molecule has 1 heterocycles. The zero-order chi connectivity index (χ0) is 13.1. The molecule has 100 valence electrons. The van der Waals surface area contributed by atoms with E-state index in [1.807, 2.05) is 6.92 Å². The summed E-state index contributed by atoms with van der Waals surface area (Å²) >= 11 is 0. The Morgan fingerprint density at radius 1 is 1.17 bits per heavy atom. The average molecular weight is 253 g/mol. The number of hydrogen-bond acceptors (Lipinski definition) is 3. The van der Waals surface area contributed by atoms with Gasteiger partial charge in [-0.15, -0.1) is 0 Å². The molecule has 1 fully saturated rings. The molecule has 1 aliphatic rings. The van der Waals surface area contributed by atoms with Crippen molar-refractivity contribution in [3.8, 4) is 11.5 Å². The van der Waals surface area contributed by atoms with E-state index < -0.39 is 0 Å². The molecule has 1 saturated heterocycles. The molecule has 1 aromatic rings. The molecule has 0 unspecified atom stereocenters. The highest BCUT2D eigenvalue weighted by Crippen LogP contribution is 2.40. The Kier molecular flexibility index (Phi) is 4.07. The van der Waals surface area contributed by atoms with Crippen LogP contribution in [0.2, 0.25) is 0 Å². The van der Waals surface area contributed by atoms with E-state index in [1.165, 1.54) is 7.11 Å². The Bertz CT molecular complexity index is 428.